The Kier molecular flexibility index (Phi) is 5.99. The zero-order valence-electron chi connectivity index (χ0n) is 15.4. The number of likely N-dealkylation sites (tertiary alicyclic amines) is 1. The van der Waals surface area contributed by atoms with E-state index in [2.05, 4.69) is 53.5 Å². The van der Waals surface area contributed by atoms with Gasteiger partial charge in [-0.15, -0.1) is 0 Å². The lowest BCUT2D eigenvalue weighted by Gasteiger charge is -2.39. The number of carbonyl (C=O) groups excluding carboxylic acids is 1. The van der Waals surface area contributed by atoms with Crippen molar-refractivity contribution < 1.29 is 9.53 Å². The lowest BCUT2D eigenvalue weighted by atomic mass is 9.95. The second-order valence-electron chi connectivity index (χ2n) is 7.56. The summed E-state index contributed by atoms with van der Waals surface area (Å²) in [5.41, 5.74) is 4.35. The fourth-order valence-corrected chi connectivity index (χ4v) is 3.06. The Bertz CT molecular complexity index is 564. The highest BCUT2D eigenvalue weighted by molar-refractivity contribution is 5.87. The molecule has 1 aliphatic rings. The zero-order valence-corrected chi connectivity index (χ0v) is 15.4. The molecule has 1 N–H and O–H groups in total. The molecule has 0 bridgehead atoms. The molecule has 2 rings (SSSR count). The van der Waals surface area contributed by atoms with Crippen LogP contribution in [0.2, 0.25) is 0 Å². The zero-order chi connectivity index (χ0) is 17.7. The Hall–Kier alpha value is -1.88. The molecular formula is C19H29N3O2. The predicted octanol–water partition coefficient (Wildman–Crippen LogP) is 3.94. The van der Waals surface area contributed by atoms with E-state index in [-0.39, 0.29) is 0 Å². The fraction of sp³-hybridized carbons (Fsp3) is 0.579. The van der Waals surface area contributed by atoms with E-state index in [0.717, 1.165) is 25.1 Å². The molecule has 24 heavy (non-hydrogen) atoms. The summed E-state index contributed by atoms with van der Waals surface area (Å²) in [5, 5.41) is 4.28. The van der Waals surface area contributed by atoms with E-state index in [4.69, 9.17) is 4.74 Å². The van der Waals surface area contributed by atoms with Crippen LogP contribution >= 0.6 is 0 Å². The maximum Gasteiger partial charge on any atom is 0.428 e. The predicted molar refractivity (Wildman–Crippen MR) is 96.9 cm³/mol. The number of hydrogen-bond donors (Lipinski definition) is 1. The molecule has 1 fully saturated rings. The molecule has 0 radical (unpaired) electrons. The van der Waals surface area contributed by atoms with Crippen LogP contribution in [0.5, 0.6) is 0 Å². The summed E-state index contributed by atoms with van der Waals surface area (Å²) in [6, 6.07) is 11.3. The minimum absolute atomic E-state index is 0.383. The Labute approximate surface area is 145 Å². The quantitative estimate of drug-likeness (QED) is 0.854. The Morgan fingerprint density at radius 1 is 1.21 bits per heavy atom. The van der Waals surface area contributed by atoms with Crippen LogP contribution in [0.4, 0.5) is 4.79 Å². The molecule has 2 atom stereocenters. The lowest BCUT2D eigenvalue weighted by Crippen LogP contribution is -2.46. The molecule has 0 aliphatic carbocycles. The Balaban J connectivity index is 1.92. The van der Waals surface area contributed by atoms with Crippen molar-refractivity contribution in [1.82, 2.24) is 10.3 Å². The highest BCUT2D eigenvalue weighted by atomic mass is 16.6. The van der Waals surface area contributed by atoms with Gasteiger partial charge in [0.15, 0.2) is 0 Å². The number of hydrazone groups is 1. The number of nitrogens with one attached hydrogen (secondary N) is 1. The van der Waals surface area contributed by atoms with Gasteiger partial charge in [-0.2, -0.15) is 5.10 Å². The van der Waals surface area contributed by atoms with Crippen LogP contribution in [0.15, 0.2) is 35.4 Å². The summed E-state index contributed by atoms with van der Waals surface area (Å²) in [7, 11) is 0. The van der Waals surface area contributed by atoms with Gasteiger partial charge in [0.25, 0.3) is 0 Å². The number of carbonyl (C=O) groups is 1. The van der Waals surface area contributed by atoms with Gasteiger partial charge in [0.1, 0.15) is 5.60 Å². The van der Waals surface area contributed by atoms with Gasteiger partial charge in [-0.25, -0.2) is 10.2 Å². The first-order chi connectivity index (χ1) is 11.2. The van der Waals surface area contributed by atoms with Gasteiger partial charge in [0.05, 0.1) is 0 Å². The monoisotopic (exact) mass is 331 g/mol. The van der Waals surface area contributed by atoms with E-state index in [0.29, 0.717) is 12.1 Å². The topological polar surface area (TPSA) is 53.9 Å². The number of benzene rings is 1. The molecule has 1 amide bonds. The largest absolute Gasteiger partial charge is 0.443 e. The molecule has 1 saturated heterocycles. The van der Waals surface area contributed by atoms with Crippen molar-refractivity contribution in [3.8, 4) is 0 Å². The molecule has 1 aromatic rings. The standard InChI is InChI=1S/C19H29N3O2/c1-14-11-17(20-21-18(23)24-19(3,4)5)12-15(2)22(14)13-16-9-7-6-8-10-16/h6-10,14-15H,11-13H2,1-5H3,(H,21,23). The normalized spacial score (nSPS) is 22.1. The molecule has 5 nitrogen and oxygen atoms in total. The van der Waals surface area contributed by atoms with E-state index >= 15 is 0 Å². The summed E-state index contributed by atoms with van der Waals surface area (Å²) < 4.78 is 5.22. The van der Waals surface area contributed by atoms with Gasteiger partial charge >= 0.3 is 6.09 Å². The van der Waals surface area contributed by atoms with Crippen LogP contribution in [0.1, 0.15) is 53.0 Å². The number of hydrogen-bond acceptors (Lipinski definition) is 4. The summed E-state index contributed by atoms with van der Waals surface area (Å²) in [4.78, 5) is 14.2. The van der Waals surface area contributed by atoms with Crippen molar-refractivity contribution in [1.29, 1.82) is 0 Å². The van der Waals surface area contributed by atoms with E-state index in [1.165, 1.54) is 5.56 Å². The second-order valence-corrected chi connectivity index (χ2v) is 7.56. The molecule has 0 saturated carbocycles. The van der Waals surface area contributed by atoms with Gasteiger partial charge in [-0.05, 0) is 40.2 Å². The van der Waals surface area contributed by atoms with E-state index in [9.17, 15) is 4.79 Å². The first-order valence-electron chi connectivity index (χ1n) is 8.58. The third-order valence-corrected chi connectivity index (χ3v) is 4.11. The number of ether oxygens (including phenoxy) is 1. The Morgan fingerprint density at radius 2 is 1.79 bits per heavy atom. The average molecular weight is 331 g/mol. The molecule has 2 unspecified atom stereocenters. The average Bonchev–Trinajstić information content (AvgIpc) is 2.48. The van der Waals surface area contributed by atoms with Gasteiger partial charge in [-0.1, -0.05) is 30.3 Å². The van der Waals surface area contributed by atoms with Crippen LogP contribution < -0.4 is 5.43 Å². The summed E-state index contributed by atoms with van der Waals surface area (Å²) in [6.45, 7) is 10.9. The first kappa shape index (κ1) is 18.5. The molecule has 0 spiro atoms. The van der Waals surface area contributed by atoms with Crippen LogP contribution in [0.3, 0.4) is 0 Å². The lowest BCUT2D eigenvalue weighted by molar-refractivity contribution is 0.0527. The molecule has 5 heteroatoms. The maximum atomic E-state index is 11.7. The summed E-state index contributed by atoms with van der Waals surface area (Å²) >= 11 is 0. The van der Waals surface area contributed by atoms with Gasteiger partial charge < -0.3 is 4.74 Å². The smallest absolute Gasteiger partial charge is 0.428 e. The molecule has 1 aromatic carbocycles. The number of piperidine rings is 1. The fourth-order valence-electron chi connectivity index (χ4n) is 3.06. The minimum Gasteiger partial charge on any atom is -0.443 e. The number of rotatable bonds is 3. The minimum atomic E-state index is -0.510. The van der Waals surface area contributed by atoms with Gasteiger partial charge in [-0.3, -0.25) is 4.90 Å². The third kappa shape index (κ3) is 5.64. The van der Waals surface area contributed by atoms with E-state index in [1.807, 2.05) is 26.8 Å². The molecule has 0 aromatic heterocycles. The SMILES string of the molecule is CC1CC(=NNC(=O)OC(C)(C)C)CC(C)N1Cc1ccccc1. The van der Waals surface area contributed by atoms with Crippen molar-refractivity contribution in [3.63, 3.8) is 0 Å². The molecule has 1 heterocycles. The highest BCUT2D eigenvalue weighted by Gasteiger charge is 2.28. The molecule has 1 aliphatic heterocycles. The second kappa shape index (κ2) is 7.79. The van der Waals surface area contributed by atoms with Gasteiger partial charge in [0.2, 0.25) is 0 Å². The van der Waals surface area contributed by atoms with Crippen LogP contribution in [-0.4, -0.2) is 34.4 Å². The van der Waals surface area contributed by atoms with Crippen molar-refractivity contribution in [2.45, 2.75) is 71.7 Å². The van der Waals surface area contributed by atoms with Crippen molar-refractivity contribution in [2.75, 3.05) is 0 Å². The highest BCUT2D eigenvalue weighted by Crippen LogP contribution is 2.23. The summed E-state index contributed by atoms with van der Waals surface area (Å²) in [6.07, 6.45) is 1.21. The van der Waals surface area contributed by atoms with Crippen LogP contribution in [0, 0.1) is 0 Å². The van der Waals surface area contributed by atoms with Crippen molar-refractivity contribution in [3.05, 3.63) is 35.9 Å². The van der Waals surface area contributed by atoms with Crippen LogP contribution in [0.25, 0.3) is 0 Å². The number of nitrogens with zero attached hydrogens (tertiary/aromatic N) is 2. The number of amides is 1. The molecule has 132 valence electrons. The van der Waals surface area contributed by atoms with Crippen molar-refractivity contribution in [2.24, 2.45) is 5.10 Å². The van der Waals surface area contributed by atoms with Crippen LogP contribution in [-0.2, 0) is 11.3 Å². The Morgan fingerprint density at radius 3 is 2.33 bits per heavy atom. The van der Waals surface area contributed by atoms with E-state index < -0.39 is 11.7 Å². The molecular weight excluding hydrogens is 302 g/mol. The summed E-state index contributed by atoms with van der Waals surface area (Å²) in [5.74, 6) is 0. The third-order valence-electron chi connectivity index (χ3n) is 4.11. The van der Waals surface area contributed by atoms with Gasteiger partial charge in [0, 0.05) is 37.2 Å². The van der Waals surface area contributed by atoms with E-state index in [1.54, 1.807) is 0 Å². The first-order valence-corrected chi connectivity index (χ1v) is 8.58. The maximum absolute atomic E-state index is 11.7. The van der Waals surface area contributed by atoms with Crippen molar-refractivity contribution >= 4 is 11.8 Å².